The number of fused-ring (bicyclic) bond motifs is 1. The molecule has 0 atom stereocenters. The summed E-state index contributed by atoms with van der Waals surface area (Å²) >= 11 is 0. The Hall–Kier alpha value is -4.17. The Morgan fingerprint density at radius 3 is 2.38 bits per heavy atom. The largest absolute Gasteiger partial charge is 0.493 e. The van der Waals surface area contributed by atoms with Crippen molar-refractivity contribution in [3.8, 4) is 17.6 Å². The highest BCUT2D eigenvalue weighted by atomic mass is 16.5. The van der Waals surface area contributed by atoms with Gasteiger partial charge < -0.3 is 19.2 Å². The van der Waals surface area contributed by atoms with Crippen molar-refractivity contribution >= 4 is 16.7 Å². The lowest BCUT2D eigenvalue weighted by atomic mass is 10.0. The number of rotatable bonds is 8. The van der Waals surface area contributed by atoms with E-state index < -0.39 is 0 Å². The molecule has 5 nitrogen and oxygen atoms in total. The summed E-state index contributed by atoms with van der Waals surface area (Å²) in [5.74, 6) is 1.95. The van der Waals surface area contributed by atoms with Crippen LogP contribution in [0.5, 0.6) is 11.5 Å². The molecule has 1 N–H and O–H groups in total. The van der Waals surface area contributed by atoms with Gasteiger partial charge in [0.05, 0.1) is 20.3 Å². The van der Waals surface area contributed by atoms with Gasteiger partial charge in [0.1, 0.15) is 5.76 Å². The first-order valence-electron chi connectivity index (χ1n) is 10.3. The second-order valence-electron chi connectivity index (χ2n) is 7.36. The van der Waals surface area contributed by atoms with E-state index in [4.69, 9.17) is 13.9 Å². The zero-order chi connectivity index (χ0) is 22.3. The summed E-state index contributed by atoms with van der Waals surface area (Å²) < 4.78 is 17.3. The molecule has 0 spiro atoms. The molecule has 0 unspecified atom stereocenters. The minimum Gasteiger partial charge on any atom is -0.493 e. The minimum atomic E-state index is 0.428. The Morgan fingerprint density at radius 2 is 1.72 bits per heavy atom. The van der Waals surface area contributed by atoms with Gasteiger partial charge in [0, 0.05) is 35.7 Å². The monoisotopic (exact) mass is 424 g/mol. The molecular formula is C27H24N2O3. The number of benzene rings is 3. The number of nitriles is 1. The molecule has 0 bridgehead atoms. The zero-order valence-corrected chi connectivity index (χ0v) is 18.1. The smallest absolute Gasteiger partial charge is 0.204 e. The van der Waals surface area contributed by atoms with E-state index >= 15 is 0 Å². The van der Waals surface area contributed by atoms with Gasteiger partial charge in [-0.2, -0.15) is 5.26 Å². The minimum absolute atomic E-state index is 0.428. The number of nitrogens with zero attached hydrogens (tertiary/aromatic N) is 1. The topological polar surface area (TPSA) is 67.4 Å². The van der Waals surface area contributed by atoms with Crippen LogP contribution < -0.4 is 14.8 Å². The van der Waals surface area contributed by atoms with E-state index in [0.717, 1.165) is 28.0 Å². The van der Waals surface area contributed by atoms with Crippen LogP contribution in [0.3, 0.4) is 0 Å². The first-order valence-corrected chi connectivity index (χ1v) is 10.3. The quantitative estimate of drug-likeness (QED) is 0.346. The molecule has 0 saturated heterocycles. The van der Waals surface area contributed by atoms with Gasteiger partial charge in [-0.05, 0) is 35.4 Å². The molecule has 0 fully saturated rings. The van der Waals surface area contributed by atoms with Crippen molar-refractivity contribution in [2.75, 3.05) is 19.5 Å². The molecule has 0 aliphatic rings. The van der Waals surface area contributed by atoms with Gasteiger partial charge in [-0.3, -0.25) is 0 Å². The molecule has 0 aliphatic carbocycles. The van der Waals surface area contributed by atoms with Crippen LogP contribution >= 0.6 is 0 Å². The molecule has 160 valence electrons. The van der Waals surface area contributed by atoms with Crippen LogP contribution in [0.2, 0.25) is 0 Å². The Labute approximate surface area is 187 Å². The number of furan rings is 1. The molecule has 1 aromatic heterocycles. The summed E-state index contributed by atoms with van der Waals surface area (Å²) in [7, 11) is 3.19. The van der Waals surface area contributed by atoms with Gasteiger partial charge in [0.15, 0.2) is 11.3 Å². The molecule has 0 amide bonds. The van der Waals surface area contributed by atoms with E-state index in [0.29, 0.717) is 35.5 Å². The fraction of sp³-hybridized carbons (Fsp3) is 0.148. The van der Waals surface area contributed by atoms with E-state index in [1.165, 1.54) is 0 Å². The van der Waals surface area contributed by atoms with Gasteiger partial charge in [-0.15, -0.1) is 0 Å². The Balaban J connectivity index is 1.71. The van der Waals surface area contributed by atoms with E-state index in [1.54, 1.807) is 20.4 Å². The normalized spacial score (nSPS) is 11.2. The fourth-order valence-corrected chi connectivity index (χ4v) is 3.67. The number of hydrogen-bond donors (Lipinski definition) is 1. The highest BCUT2D eigenvalue weighted by Crippen LogP contribution is 2.40. The number of para-hydroxylation sites is 1. The molecule has 32 heavy (non-hydrogen) atoms. The summed E-state index contributed by atoms with van der Waals surface area (Å²) in [5.41, 5.74) is 4.23. The number of ether oxygens (including phenoxy) is 2. The van der Waals surface area contributed by atoms with E-state index in [1.807, 2.05) is 60.7 Å². The average Bonchev–Trinajstić information content (AvgIpc) is 3.26. The highest BCUT2D eigenvalue weighted by molar-refractivity contribution is 5.90. The first-order chi connectivity index (χ1) is 15.7. The molecule has 4 aromatic rings. The van der Waals surface area contributed by atoms with Gasteiger partial charge >= 0.3 is 0 Å². The summed E-state index contributed by atoms with van der Waals surface area (Å²) in [5, 5.41) is 13.8. The lowest BCUT2D eigenvalue weighted by Crippen LogP contribution is -1.97. The second-order valence-corrected chi connectivity index (χ2v) is 7.36. The standard InChI is InChI=1S/C27H24N2O3/c1-30-25-15-21(13-20(17-28)18-29-22-11-7-4-8-12-22)24-16-23(32-26(24)27(25)31-2)14-19-9-5-3-6-10-19/h3-12,15-16,18,29H,13-14H2,1-2H3/b20-18+. The van der Waals surface area contributed by atoms with Crippen LogP contribution in [-0.4, -0.2) is 14.2 Å². The molecule has 1 heterocycles. The maximum atomic E-state index is 9.73. The third-order valence-electron chi connectivity index (χ3n) is 5.22. The predicted molar refractivity (Wildman–Crippen MR) is 126 cm³/mol. The van der Waals surface area contributed by atoms with Crippen LogP contribution in [-0.2, 0) is 12.8 Å². The number of anilines is 1. The number of methoxy groups -OCH3 is 2. The maximum absolute atomic E-state index is 9.73. The lowest BCUT2D eigenvalue weighted by molar-refractivity contribution is 0.352. The Kier molecular flexibility index (Phi) is 6.43. The van der Waals surface area contributed by atoms with Gasteiger partial charge in [-0.25, -0.2) is 0 Å². The first kappa shape index (κ1) is 21.1. The average molecular weight is 425 g/mol. The summed E-state index contributed by atoms with van der Waals surface area (Å²) in [6.45, 7) is 0. The zero-order valence-electron chi connectivity index (χ0n) is 18.1. The summed E-state index contributed by atoms with van der Waals surface area (Å²) in [6, 6.07) is 26.1. The molecule has 0 saturated carbocycles. The number of allylic oxidation sites excluding steroid dienone is 1. The molecule has 0 aliphatic heterocycles. The highest BCUT2D eigenvalue weighted by Gasteiger charge is 2.19. The van der Waals surface area contributed by atoms with Crippen LogP contribution in [0, 0.1) is 11.3 Å². The van der Waals surface area contributed by atoms with Gasteiger partial charge in [0.2, 0.25) is 5.75 Å². The second kappa shape index (κ2) is 9.76. The van der Waals surface area contributed by atoms with Crippen molar-refractivity contribution in [2.24, 2.45) is 0 Å². The fourth-order valence-electron chi connectivity index (χ4n) is 3.67. The van der Waals surface area contributed by atoms with Crippen molar-refractivity contribution < 1.29 is 13.9 Å². The van der Waals surface area contributed by atoms with E-state index in [-0.39, 0.29) is 0 Å². The van der Waals surface area contributed by atoms with E-state index in [9.17, 15) is 5.26 Å². The van der Waals surface area contributed by atoms with Crippen molar-refractivity contribution in [1.29, 1.82) is 5.26 Å². The maximum Gasteiger partial charge on any atom is 0.204 e. The van der Waals surface area contributed by atoms with Crippen LogP contribution in [0.25, 0.3) is 11.0 Å². The number of nitrogens with one attached hydrogen (secondary N) is 1. The van der Waals surface area contributed by atoms with Gasteiger partial charge in [-0.1, -0.05) is 48.5 Å². The van der Waals surface area contributed by atoms with Crippen molar-refractivity contribution in [2.45, 2.75) is 12.8 Å². The SMILES string of the molecule is COc1cc(C/C(C#N)=C\Nc2ccccc2)c2cc(Cc3ccccc3)oc2c1OC. The number of hydrogen-bond acceptors (Lipinski definition) is 5. The molecular weight excluding hydrogens is 400 g/mol. The lowest BCUT2D eigenvalue weighted by Gasteiger charge is -2.11. The Bertz CT molecular complexity index is 1270. The molecule has 5 heteroatoms. The van der Waals surface area contributed by atoms with Gasteiger partial charge in [0.25, 0.3) is 0 Å². The molecule has 0 radical (unpaired) electrons. The third kappa shape index (κ3) is 4.60. The van der Waals surface area contributed by atoms with Crippen LogP contribution in [0.4, 0.5) is 5.69 Å². The third-order valence-corrected chi connectivity index (χ3v) is 5.22. The molecule has 3 aromatic carbocycles. The van der Waals surface area contributed by atoms with Crippen LogP contribution in [0.1, 0.15) is 16.9 Å². The summed E-state index contributed by atoms with van der Waals surface area (Å²) in [6.07, 6.45) is 2.83. The van der Waals surface area contributed by atoms with Crippen molar-refractivity contribution in [3.05, 3.63) is 101 Å². The molecule has 4 rings (SSSR count). The van der Waals surface area contributed by atoms with E-state index in [2.05, 4.69) is 23.5 Å². The van der Waals surface area contributed by atoms with Crippen LogP contribution in [0.15, 0.2) is 89.0 Å². The Morgan fingerprint density at radius 1 is 1.00 bits per heavy atom. The summed E-state index contributed by atoms with van der Waals surface area (Å²) in [4.78, 5) is 0. The van der Waals surface area contributed by atoms with Crippen molar-refractivity contribution in [3.63, 3.8) is 0 Å². The van der Waals surface area contributed by atoms with Crippen molar-refractivity contribution in [1.82, 2.24) is 0 Å². The predicted octanol–water partition coefficient (Wildman–Crippen LogP) is 6.10.